The Labute approximate surface area is 114 Å². The molecule has 2 heterocycles. The van der Waals surface area contributed by atoms with Crippen molar-refractivity contribution in [2.75, 3.05) is 11.6 Å². The second-order valence-electron chi connectivity index (χ2n) is 4.28. The lowest BCUT2D eigenvalue weighted by molar-refractivity contribution is -0.116. The second-order valence-corrected chi connectivity index (χ2v) is 6.10. The molecule has 1 aromatic carbocycles. The maximum atomic E-state index is 11.7. The van der Waals surface area contributed by atoms with E-state index < -0.39 is 0 Å². The van der Waals surface area contributed by atoms with Crippen molar-refractivity contribution < 1.29 is 4.79 Å². The number of thioether (sulfide) groups is 1. The zero-order chi connectivity index (χ0) is 12.5. The summed E-state index contributed by atoms with van der Waals surface area (Å²) >= 11 is 3.46. The number of thiophene rings is 1. The quantitative estimate of drug-likeness (QED) is 0.841. The fourth-order valence-corrected chi connectivity index (χ4v) is 3.67. The van der Waals surface area contributed by atoms with Gasteiger partial charge >= 0.3 is 0 Å². The SMILES string of the molecule is CSc1ccc([C@H]2CC(=O)Nc3ccsc32)cc1. The van der Waals surface area contributed by atoms with Gasteiger partial charge in [0.2, 0.25) is 5.91 Å². The molecule has 0 bridgehead atoms. The van der Waals surface area contributed by atoms with E-state index in [9.17, 15) is 4.79 Å². The summed E-state index contributed by atoms with van der Waals surface area (Å²) < 4.78 is 0. The second kappa shape index (κ2) is 4.78. The molecule has 4 heteroatoms. The number of carbonyl (C=O) groups excluding carboxylic acids is 1. The Bertz CT molecular complexity index is 574. The fraction of sp³-hybridized carbons (Fsp3) is 0.214. The smallest absolute Gasteiger partial charge is 0.225 e. The third-order valence-electron chi connectivity index (χ3n) is 3.19. The first-order valence-electron chi connectivity index (χ1n) is 5.79. The molecule has 92 valence electrons. The van der Waals surface area contributed by atoms with Gasteiger partial charge in [-0.05, 0) is 35.4 Å². The number of rotatable bonds is 2. The molecule has 1 amide bonds. The van der Waals surface area contributed by atoms with E-state index in [2.05, 4.69) is 35.8 Å². The molecule has 1 aromatic heterocycles. The number of benzene rings is 1. The van der Waals surface area contributed by atoms with Crippen LogP contribution in [0.5, 0.6) is 0 Å². The fourth-order valence-electron chi connectivity index (χ4n) is 2.28. The molecular formula is C14H13NOS2. The van der Waals surface area contributed by atoms with E-state index in [1.54, 1.807) is 23.1 Å². The van der Waals surface area contributed by atoms with E-state index in [0.29, 0.717) is 6.42 Å². The van der Waals surface area contributed by atoms with Crippen LogP contribution < -0.4 is 5.32 Å². The molecule has 0 aliphatic carbocycles. The summed E-state index contributed by atoms with van der Waals surface area (Å²) in [6.07, 6.45) is 2.62. The molecular weight excluding hydrogens is 262 g/mol. The summed E-state index contributed by atoms with van der Waals surface area (Å²) in [5.41, 5.74) is 2.21. The van der Waals surface area contributed by atoms with Crippen LogP contribution in [0, 0.1) is 0 Å². The van der Waals surface area contributed by atoms with Crippen molar-refractivity contribution in [2.24, 2.45) is 0 Å². The van der Waals surface area contributed by atoms with E-state index in [1.165, 1.54) is 15.3 Å². The Kier molecular flexibility index (Phi) is 3.14. The highest BCUT2D eigenvalue weighted by Crippen LogP contribution is 2.40. The molecule has 1 aliphatic heterocycles. The zero-order valence-corrected chi connectivity index (χ0v) is 11.6. The molecule has 0 unspecified atom stereocenters. The normalized spacial score (nSPS) is 18.3. The van der Waals surface area contributed by atoms with Gasteiger partial charge in [-0.25, -0.2) is 0 Å². The first-order valence-corrected chi connectivity index (χ1v) is 7.89. The van der Waals surface area contributed by atoms with E-state index in [4.69, 9.17) is 0 Å². The lowest BCUT2D eigenvalue weighted by atomic mass is 9.91. The Morgan fingerprint density at radius 1 is 1.28 bits per heavy atom. The van der Waals surface area contributed by atoms with E-state index >= 15 is 0 Å². The number of amides is 1. The van der Waals surface area contributed by atoms with E-state index in [1.807, 2.05) is 11.4 Å². The maximum absolute atomic E-state index is 11.7. The van der Waals surface area contributed by atoms with Gasteiger partial charge in [-0.1, -0.05) is 12.1 Å². The summed E-state index contributed by atoms with van der Waals surface area (Å²) in [6.45, 7) is 0. The predicted molar refractivity (Wildman–Crippen MR) is 77.6 cm³/mol. The molecule has 0 fully saturated rings. The van der Waals surface area contributed by atoms with Crippen LogP contribution in [0.2, 0.25) is 0 Å². The number of carbonyl (C=O) groups is 1. The number of fused-ring (bicyclic) bond motifs is 1. The number of nitrogens with one attached hydrogen (secondary N) is 1. The van der Waals surface area contributed by atoms with Gasteiger partial charge in [0.05, 0.1) is 5.69 Å². The first kappa shape index (κ1) is 11.8. The highest BCUT2D eigenvalue weighted by atomic mass is 32.2. The number of hydrogen-bond acceptors (Lipinski definition) is 3. The molecule has 2 aromatic rings. The number of anilines is 1. The largest absolute Gasteiger partial charge is 0.325 e. The highest BCUT2D eigenvalue weighted by Gasteiger charge is 2.27. The minimum absolute atomic E-state index is 0.111. The molecule has 2 nitrogen and oxygen atoms in total. The van der Waals surface area contributed by atoms with Crippen molar-refractivity contribution in [3.8, 4) is 0 Å². The first-order chi connectivity index (χ1) is 8.78. The Balaban J connectivity index is 1.99. The van der Waals surface area contributed by atoms with Crippen LogP contribution in [0.1, 0.15) is 22.8 Å². The minimum Gasteiger partial charge on any atom is -0.325 e. The molecule has 3 rings (SSSR count). The summed E-state index contributed by atoms with van der Waals surface area (Å²) in [5, 5.41) is 4.97. The van der Waals surface area contributed by atoms with Crippen LogP contribution in [0.25, 0.3) is 0 Å². The topological polar surface area (TPSA) is 29.1 Å². The van der Waals surface area contributed by atoms with Gasteiger partial charge < -0.3 is 5.32 Å². The Morgan fingerprint density at radius 3 is 2.78 bits per heavy atom. The monoisotopic (exact) mass is 275 g/mol. The van der Waals surface area contributed by atoms with Crippen molar-refractivity contribution in [3.05, 3.63) is 46.2 Å². The summed E-state index contributed by atoms with van der Waals surface area (Å²) in [4.78, 5) is 14.2. The van der Waals surface area contributed by atoms with Crippen molar-refractivity contribution in [2.45, 2.75) is 17.2 Å². The molecule has 0 spiro atoms. The summed E-state index contributed by atoms with van der Waals surface area (Å²) in [7, 11) is 0. The third kappa shape index (κ3) is 2.06. The predicted octanol–water partition coefficient (Wildman–Crippen LogP) is 3.94. The lowest BCUT2D eigenvalue weighted by Gasteiger charge is -2.22. The summed E-state index contributed by atoms with van der Waals surface area (Å²) in [5.74, 6) is 0.324. The van der Waals surface area contributed by atoms with Crippen molar-refractivity contribution >= 4 is 34.7 Å². The zero-order valence-electron chi connectivity index (χ0n) is 9.97. The van der Waals surface area contributed by atoms with Crippen LogP contribution in [0.15, 0.2) is 40.6 Å². The van der Waals surface area contributed by atoms with Crippen LogP contribution in [-0.4, -0.2) is 12.2 Å². The van der Waals surface area contributed by atoms with Gasteiger partial charge in [-0.15, -0.1) is 23.1 Å². The average Bonchev–Trinajstić information content (AvgIpc) is 2.86. The van der Waals surface area contributed by atoms with Crippen molar-refractivity contribution in [1.29, 1.82) is 0 Å². The van der Waals surface area contributed by atoms with Gasteiger partial charge in [0.1, 0.15) is 0 Å². The van der Waals surface area contributed by atoms with Crippen LogP contribution in [0.4, 0.5) is 5.69 Å². The molecule has 1 N–H and O–H groups in total. The van der Waals surface area contributed by atoms with Crippen LogP contribution in [0.3, 0.4) is 0 Å². The van der Waals surface area contributed by atoms with Crippen LogP contribution in [-0.2, 0) is 4.79 Å². The van der Waals surface area contributed by atoms with Gasteiger partial charge in [0.25, 0.3) is 0 Å². The minimum atomic E-state index is 0.111. The van der Waals surface area contributed by atoms with Crippen LogP contribution >= 0.6 is 23.1 Å². The standard InChI is InChI=1S/C14H13NOS2/c1-17-10-4-2-9(3-5-10)11-8-13(16)15-12-6-7-18-14(11)12/h2-7,11H,8H2,1H3,(H,15,16)/t11-/m1/s1. The molecule has 0 saturated heterocycles. The molecule has 0 radical (unpaired) electrons. The summed E-state index contributed by atoms with van der Waals surface area (Å²) in [6, 6.07) is 10.5. The molecule has 1 aliphatic rings. The van der Waals surface area contributed by atoms with Gasteiger partial charge in [0, 0.05) is 22.1 Å². The van der Waals surface area contributed by atoms with E-state index in [-0.39, 0.29) is 11.8 Å². The average molecular weight is 275 g/mol. The highest BCUT2D eigenvalue weighted by molar-refractivity contribution is 7.98. The number of hydrogen-bond donors (Lipinski definition) is 1. The Morgan fingerprint density at radius 2 is 2.06 bits per heavy atom. The third-order valence-corrected chi connectivity index (χ3v) is 4.97. The Hall–Kier alpha value is -1.26. The van der Waals surface area contributed by atoms with Gasteiger partial charge in [-0.3, -0.25) is 4.79 Å². The van der Waals surface area contributed by atoms with Crippen molar-refractivity contribution in [1.82, 2.24) is 0 Å². The molecule has 18 heavy (non-hydrogen) atoms. The van der Waals surface area contributed by atoms with Gasteiger partial charge in [0.15, 0.2) is 0 Å². The maximum Gasteiger partial charge on any atom is 0.225 e. The lowest BCUT2D eigenvalue weighted by Crippen LogP contribution is -2.21. The van der Waals surface area contributed by atoms with Crippen molar-refractivity contribution in [3.63, 3.8) is 0 Å². The molecule has 0 saturated carbocycles. The molecule has 1 atom stereocenters. The van der Waals surface area contributed by atoms with Gasteiger partial charge in [-0.2, -0.15) is 0 Å². The van der Waals surface area contributed by atoms with E-state index in [0.717, 1.165) is 5.69 Å².